The SMILES string of the molecule is CCOCCCOc1ccc(N)cc1C(N)=O. The van der Waals surface area contributed by atoms with E-state index in [1.165, 1.54) is 6.07 Å². The fourth-order valence-corrected chi connectivity index (χ4v) is 1.35. The number of amides is 1. The first kappa shape index (κ1) is 13.3. The molecule has 0 fully saturated rings. The molecule has 0 aliphatic heterocycles. The lowest BCUT2D eigenvalue weighted by molar-refractivity contribution is 0.0995. The molecule has 5 nitrogen and oxygen atoms in total. The van der Waals surface area contributed by atoms with Gasteiger partial charge in [-0.2, -0.15) is 0 Å². The number of carbonyl (C=O) groups is 1. The summed E-state index contributed by atoms with van der Waals surface area (Å²) in [6.07, 6.45) is 0.760. The molecule has 0 aliphatic rings. The molecule has 1 aromatic carbocycles. The zero-order chi connectivity index (χ0) is 12.7. The number of primary amides is 1. The molecule has 0 bridgehead atoms. The van der Waals surface area contributed by atoms with Crippen molar-refractivity contribution < 1.29 is 14.3 Å². The smallest absolute Gasteiger partial charge is 0.252 e. The van der Waals surface area contributed by atoms with Crippen molar-refractivity contribution in [3.8, 4) is 5.75 Å². The van der Waals surface area contributed by atoms with Gasteiger partial charge in [-0.05, 0) is 25.1 Å². The number of benzene rings is 1. The molecular weight excluding hydrogens is 220 g/mol. The van der Waals surface area contributed by atoms with Crippen molar-refractivity contribution in [1.29, 1.82) is 0 Å². The largest absolute Gasteiger partial charge is 0.493 e. The summed E-state index contributed by atoms with van der Waals surface area (Å²) in [6.45, 7) is 3.74. The van der Waals surface area contributed by atoms with Crippen molar-refractivity contribution in [3.05, 3.63) is 23.8 Å². The number of carbonyl (C=O) groups excluding carboxylic acids is 1. The fraction of sp³-hybridized carbons (Fsp3) is 0.417. The molecule has 1 rings (SSSR count). The number of rotatable bonds is 7. The molecule has 0 saturated carbocycles. The van der Waals surface area contributed by atoms with Crippen LogP contribution in [-0.2, 0) is 4.74 Å². The highest BCUT2D eigenvalue weighted by atomic mass is 16.5. The summed E-state index contributed by atoms with van der Waals surface area (Å²) in [5.74, 6) is -0.0830. The zero-order valence-electron chi connectivity index (χ0n) is 9.94. The van der Waals surface area contributed by atoms with Crippen LogP contribution in [0.3, 0.4) is 0 Å². The molecule has 0 spiro atoms. The van der Waals surface area contributed by atoms with Gasteiger partial charge in [0.1, 0.15) is 5.75 Å². The summed E-state index contributed by atoms with van der Waals surface area (Å²) in [4.78, 5) is 11.2. The van der Waals surface area contributed by atoms with Crippen LogP contribution in [0.2, 0.25) is 0 Å². The maximum Gasteiger partial charge on any atom is 0.252 e. The highest BCUT2D eigenvalue weighted by Crippen LogP contribution is 2.21. The van der Waals surface area contributed by atoms with E-state index in [0.29, 0.717) is 36.8 Å². The Morgan fingerprint density at radius 3 is 2.76 bits per heavy atom. The third kappa shape index (κ3) is 4.32. The molecule has 4 N–H and O–H groups in total. The lowest BCUT2D eigenvalue weighted by Crippen LogP contribution is -2.14. The number of ether oxygens (including phenoxy) is 2. The Balaban J connectivity index is 2.55. The summed E-state index contributed by atoms with van der Waals surface area (Å²) in [7, 11) is 0. The second-order valence-corrected chi connectivity index (χ2v) is 3.52. The van der Waals surface area contributed by atoms with Gasteiger partial charge in [-0.15, -0.1) is 0 Å². The summed E-state index contributed by atoms with van der Waals surface area (Å²) in [5.41, 5.74) is 11.6. The minimum absolute atomic E-state index is 0.307. The predicted octanol–water partition coefficient (Wildman–Crippen LogP) is 1.17. The number of anilines is 1. The van der Waals surface area contributed by atoms with Crippen LogP contribution in [0.15, 0.2) is 18.2 Å². The fourth-order valence-electron chi connectivity index (χ4n) is 1.35. The van der Waals surface area contributed by atoms with Crippen molar-refractivity contribution in [1.82, 2.24) is 0 Å². The van der Waals surface area contributed by atoms with Crippen LogP contribution >= 0.6 is 0 Å². The van der Waals surface area contributed by atoms with E-state index < -0.39 is 5.91 Å². The second kappa shape index (κ2) is 6.75. The summed E-state index contributed by atoms with van der Waals surface area (Å²) >= 11 is 0. The van der Waals surface area contributed by atoms with E-state index in [0.717, 1.165) is 6.42 Å². The Hall–Kier alpha value is -1.75. The molecule has 94 valence electrons. The van der Waals surface area contributed by atoms with Crippen LogP contribution in [0.5, 0.6) is 5.75 Å². The Morgan fingerprint density at radius 2 is 2.12 bits per heavy atom. The van der Waals surface area contributed by atoms with Gasteiger partial charge in [0.05, 0.1) is 12.2 Å². The van der Waals surface area contributed by atoms with E-state index >= 15 is 0 Å². The second-order valence-electron chi connectivity index (χ2n) is 3.52. The third-order valence-corrected chi connectivity index (χ3v) is 2.16. The topological polar surface area (TPSA) is 87.6 Å². The van der Waals surface area contributed by atoms with Gasteiger partial charge < -0.3 is 20.9 Å². The number of nitrogens with two attached hydrogens (primary N) is 2. The quantitative estimate of drug-likeness (QED) is 0.551. The van der Waals surface area contributed by atoms with Gasteiger partial charge in [-0.1, -0.05) is 0 Å². The summed E-state index contributed by atoms with van der Waals surface area (Å²) < 4.78 is 10.6. The van der Waals surface area contributed by atoms with Gasteiger partial charge in [0.15, 0.2) is 0 Å². The molecule has 1 amide bonds. The summed E-state index contributed by atoms with van der Waals surface area (Å²) in [6, 6.07) is 4.83. The maximum absolute atomic E-state index is 11.2. The first-order valence-corrected chi connectivity index (χ1v) is 5.55. The van der Waals surface area contributed by atoms with E-state index in [-0.39, 0.29) is 0 Å². The Bertz CT molecular complexity index is 380. The van der Waals surface area contributed by atoms with E-state index in [2.05, 4.69) is 0 Å². The van der Waals surface area contributed by atoms with Crippen LogP contribution in [-0.4, -0.2) is 25.7 Å². The van der Waals surface area contributed by atoms with Crippen molar-refractivity contribution in [2.24, 2.45) is 5.73 Å². The lowest BCUT2D eigenvalue weighted by atomic mass is 10.1. The van der Waals surface area contributed by atoms with Gasteiger partial charge in [0.2, 0.25) is 0 Å². The van der Waals surface area contributed by atoms with Crippen molar-refractivity contribution in [2.45, 2.75) is 13.3 Å². The minimum Gasteiger partial charge on any atom is -0.493 e. The molecule has 0 heterocycles. The van der Waals surface area contributed by atoms with E-state index in [1.807, 2.05) is 6.92 Å². The average Bonchev–Trinajstić information content (AvgIpc) is 2.30. The normalized spacial score (nSPS) is 10.2. The van der Waals surface area contributed by atoms with Crippen molar-refractivity contribution in [3.63, 3.8) is 0 Å². The van der Waals surface area contributed by atoms with Crippen LogP contribution in [0.1, 0.15) is 23.7 Å². The monoisotopic (exact) mass is 238 g/mol. The highest BCUT2D eigenvalue weighted by molar-refractivity contribution is 5.96. The molecule has 0 aliphatic carbocycles. The maximum atomic E-state index is 11.2. The van der Waals surface area contributed by atoms with Gasteiger partial charge in [0.25, 0.3) is 5.91 Å². The highest BCUT2D eigenvalue weighted by Gasteiger charge is 2.09. The first-order valence-electron chi connectivity index (χ1n) is 5.55. The molecule has 0 atom stereocenters. The third-order valence-electron chi connectivity index (χ3n) is 2.16. The van der Waals surface area contributed by atoms with Gasteiger partial charge >= 0.3 is 0 Å². The van der Waals surface area contributed by atoms with Gasteiger partial charge in [-0.3, -0.25) is 4.79 Å². The standard InChI is InChI=1S/C12H18N2O3/c1-2-16-6-3-7-17-11-5-4-9(13)8-10(11)12(14)15/h4-5,8H,2-3,6-7,13H2,1H3,(H2,14,15). The zero-order valence-corrected chi connectivity index (χ0v) is 9.94. The Kier molecular flexibility index (Phi) is 5.29. The van der Waals surface area contributed by atoms with Crippen LogP contribution in [0.4, 0.5) is 5.69 Å². The van der Waals surface area contributed by atoms with Crippen molar-refractivity contribution >= 4 is 11.6 Å². The number of hydrogen-bond acceptors (Lipinski definition) is 4. The van der Waals surface area contributed by atoms with Gasteiger partial charge in [-0.25, -0.2) is 0 Å². The first-order chi connectivity index (χ1) is 8.15. The van der Waals surface area contributed by atoms with Crippen LogP contribution < -0.4 is 16.2 Å². The Morgan fingerprint density at radius 1 is 1.35 bits per heavy atom. The molecule has 0 saturated heterocycles. The minimum atomic E-state index is -0.544. The summed E-state index contributed by atoms with van der Waals surface area (Å²) in [5, 5.41) is 0. The molecule has 1 aromatic rings. The average molecular weight is 238 g/mol. The van der Waals surface area contributed by atoms with Crippen LogP contribution in [0.25, 0.3) is 0 Å². The number of hydrogen-bond donors (Lipinski definition) is 2. The van der Waals surface area contributed by atoms with E-state index in [1.54, 1.807) is 12.1 Å². The molecule has 0 unspecified atom stereocenters. The lowest BCUT2D eigenvalue weighted by Gasteiger charge is -2.10. The Labute approximate surface area is 101 Å². The molecular formula is C12H18N2O3. The van der Waals surface area contributed by atoms with Crippen LogP contribution in [0, 0.1) is 0 Å². The van der Waals surface area contributed by atoms with Gasteiger partial charge in [0, 0.05) is 25.3 Å². The predicted molar refractivity (Wildman–Crippen MR) is 66.0 cm³/mol. The molecule has 17 heavy (non-hydrogen) atoms. The van der Waals surface area contributed by atoms with E-state index in [4.69, 9.17) is 20.9 Å². The number of nitrogen functional groups attached to an aromatic ring is 1. The molecule has 0 aromatic heterocycles. The van der Waals surface area contributed by atoms with E-state index in [9.17, 15) is 4.79 Å². The molecule has 0 radical (unpaired) electrons. The van der Waals surface area contributed by atoms with Crippen molar-refractivity contribution in [2.75, 3.05) is 25.6 Å². The molecule has 5 heteroatoms.